The molecule has 0 saturated carbocycles. The fourth-order valence-corrected chi connectivity index (χ4v) is 6.05. The molecule has 1 N–H and O–H groups in total. The van der Waals surface area contributed by atoms with E-state index in [0.717, 1.165) is 51.0 Å². The van der Waals surface area contributed by atoms with Crippen LogP contribution in [-0.4, -0.2) is 50.9 Å². The summed E-state index contributed by atoms with van der Waals surface area (Å²) in [6.07, 6.45) is 4.19. The number of likely N-dealkylation sites (tertiary alicyclic amines) is 1. The number of hydrogen-bond donors (Lipinski definition) is 1. The van der Waals surface area contributed by atoms with E-state index in [1.807, 2.05) is 12.1 Å². The first kappa shape index (κ1) is 23.4. The summed E-state index contributed by atoms with van der Waals surface area (Å²) in [7, 11) is -1.35. The highest BCUT2D eigenvalue weighted by Gasteiger charge is 2.23. The van der Waals surface area contributed by atoms with Crippen molar-refractivity contribution in [2.45, 2.75) is 69.5 Å². The highest BCUT2D eigenvalue weighted by Crippen LogP contribution is 2.25. The van der Waals surface area contributed by atoms with Gasteiger partial charge in [-0.1, -0.05) is 44.2 Å². The van der Waals surface area contributed by atoms with Gasteiger partial charge in [0.2, 0.25) is 10.0 Å². The number of nitrogens with one attached hydrogen (secondary N) is 1. The summed E-state index contributed by atoms with van der Waals surface area (Å²) in [5.74, 6) is 0.541. The summed E-state index contributed by atoms with van der Waals surface area (Å²) >= 11 is 0. The maximum absolute atomic E-state index is 12.9. The average molecular weight is 456 g/mol. The van der Waals surface area contributed by atoms with E-state index in [9.17, 15) is 8.42 Å². The van der Waals surface area contributed by atoms with Crippen molar-refractivity contribution < 1.29 is 8.42 Å². The second kappa shape index (κ2) is 10.0. The maximum Gasteiger partial charge on any atom is 0.240 e. The molecule has 0 amide bonds. The van der Waals surface area contributed by atoms with Crippen molar-refractivity contribution in [1.82, 2.24) is 14.5 Å². The Morgan fingerprint density at radius 2 is 1.84 bits per heavy atom. The third kappa shape index (κ3) is 5.60. The van der Waals surface area contributed by atoms with Crippen molar-refractivity contribution in [1.29, 1.82) is 0 Å². The smallest absolute Gasteiger partial charge is 0.240 e. The lowest BCUT2D eigenvalue weighted by atomic mass is 9.98. The van der Waals surface area contributed by atoms with E-state index in [4.69, 9.17) is 0 Å². The Balaban J connectivity index is 1.38. The van der Waals surface area contributed by atoms with Crippen LogP contribution in [0, 0.1) is 0 Å². The van der Waals surface area contributed by atoms with Gasteiger partial charge in [0.15, 0.2) is 0 Å². The summed E-state index contributed by atoms with van der Waals surface area (Å²) in [5, 5.41) is 0. The van der Waals surface area contributed by atoms with E-state index in [-0.39, 0.29) is 0 Å². The molecule has 2 heterocycles. The Labute approximate surface area is 193 Å². The molecule has 1 unspecified atom stereocenters. The molecule has 5 nitrogen and oxygen atoms in total. The monoisotopic (exact) mass is 455 g/mol. The molecule has 2 aliphatic heterocycles. The Bertz CT molecular complexity index is 1020. The maximum atomic E-state index is 12.9. The van der Waals surface area contributed by atoms with Crippen LogP contribution in [0.25, 0.3) is 0 Å². The van der Waals surface area contributed by atoms with Crippen molar-refractivity contribution in [3.8, 4) is 0 Å². The normalized spacial score (nSPS) is 20.1. The highest BCUT2D eigenvalue weighted by molar-refractivity contribution is 7.89. The number of hydrogen-bond acceptors (Lipinski definition) is 4. The number of fused-ring (bicyclic) bond motifs is 1. The topological polar surface area (TPSA) is 52.7 Å². The predicted octanol–water partition coefficient (Wildman–Crippen LogP) is 4.13. The minimum absolute atomic E-state index is 0.388. The fraction of sp³-hybridized carbons (Fsp3) is 0.538. The molecular formula is C26H37N3O2S. The summed E-state index contributed by atoms with van der Waals surface area (Å²) in [4.78, 5) is 5.13. The third-order valence-electron chi connectivity index (χ3n) is 7.07. The molecule has 2 aliphatic rings. The van der Waals surface area contributed by atoms with Gasteiger partial charge < -0.3 is 4.90 Å². The van der Waals surface area contributed by atoms with Gasteiger partial charge in [-0.25, -0.2) is 13.1 Å². The van der Waals surface area contributed by atoms with Crippen LogP contribution < -0.4 is 4.72 Å². The van der Waals surface area contributed by atoms with E-state index >= 15 is 0 Å². The van der Waals surface area contributed by atoms with Crippen molar-refractivity contribution in [2.24, 2.45) is 0 Å². The quantitative estimate of drug-likeness (QED) is 0.650. The largest absolute Gasteiger partial charge is 0.303 e. The Morgan fingerprint density at radius 1 is 1.06 bits per heavy atom. The first-order chi connectivity index (χ1) is 15.3. The van der Waals surface area contributed by atoms with Crippen molar-refractivity contribution in [2.75, 3.05) is 26.7 Å². The van der Waals surface area contributed by atoms with Gasteiger partial charge in [0.25, 0.3) is 0 Å². The molecule has 32 heavy (non-hydrogen) atoms. The third-order valence-corrected chi connectivity index (χ3v) is 8.53. The number of sulfonamides is 1. The van der Waals surface area contributed by atoms with Crippen LogP contribution in [0.3, 0.4) is 0 Å². The van der Waals surface area contributed by atoms with Crippen LogP contribution in [0.15, 0.2) is 47.4 Å². The van der Waals surface area contributed by atoms with Crippen LogP contribution in [-0.2, 0) is 29.5 Å². The minimum atomic E-state index is -3.48. The molecule has 2 aromatic carbocycles. The van der Waals surface area contributed by atoms with Gasteiger partial charge >= 0.3 is 0 Å². The van der Waals surface area contributed by atoms with E-state index in [2.05, 4.69) is 59.7 Å². The van der Waals surface area contributed by atoms with Crippen LogP contribution in [0.2, 0.25) is 0 Å². The van der Waals surface area contributed by atoms with Crippen LogP contribution in [0.1, 0.15) is 61.3 Å². The lowest BCUT2D eigenvalue weighted by molar-refractivity contribution is 0.245. The lowest BCUT2D eigenvalue weighted by Crippen LogP contribution is -2.32. The number of rotatable bonds is 8. The average Bonchev–Trinajstić information content (AvgIpc) is 3.18. The second-order valence-corrected chi connectivity index (χ2v) is 11.5. The zero-order chi connectivity index (χ0) is 22.7. The number of nitrogens with zero attached hydrogens (tertiary/aromatic N) is 2. The van der Waals surface area contributed by atoms with E-state index in [1.54, 1.807) is 6.07 Å². The van der Waals surface area contributed by atoms with Crippen molar-refractivity contribution in [3.05, 3.63) is 64.7 Å². The molecule has 0 radical (unpaired) electrons. The lowest BCUT2D eigenvalue weighted by Gasteiger charge is -2.29. The van der Waals surface area contributed by atoms with Crippen LogP contribution >= 0.6 is 0 Å². The van der Waals surface area contributed by atoms with E-state index in [1.165, 1.54) is 23.1 Å². The van der Waals surface area contributed by atoms with Gasteiger partial charge in [-0.15, -0.1) is 0 Å². The van der Waals surface area contributed by atoms with Crippen molar-refractivity contribution in [3.63, 3.8) is 0 Å². The molecule has 6 heteroatoms. The van der Waals surface area contributed by atoms with Crippen molar-refractivity contribution >= 4 is 10.0 Å². The fourth-order valence-electron chi connectivity index (χ4n) is 4.95. The standard InChI is InChI=1S/C26H37N3O2S/c1-20(2)22-8-6-21(7-9-22)18-29-16-13-23-10-11-26(17-24(23)19-29)32(30,31)27-14-12-25-5-4-15-28(25)3/h6-11,17,20,25,27H,4-5,12-16,18-19H2,1-3H3. The first-order valence-corrected chi connectivity index (χ1v) is 13.4. The molecule has 0 bridgehead atoms. The van der Waals surface area contributed by atoms with Gasteiger partial charge in [-0.05, 0) is 79.6 Å². The molecule has 1 fully saturated rings. The van der Waals surface area contributed by atoms with E-state index < -0.39 is 10.0 Å². The molecule has 2 aromatic rings. The molecular weight excluding hydrogens is 418 g/mol. The first-order valence-electron chi connectivity index (χ1n) is 11.9. The number of benzene rings is 2. The Hall–Kier alpha value is -1.73. The zero-order valence-electron chi connectivity index (χ0n) is 19.7. The molecule has 0 aromatic heterocycles. The van der Waals surface area contributed by atoms with Crippen LogP contribution in [0.4, 0.5) is 0 Å². The predicted molar refractivity (Wildman–Crippen MR) is 130 cm³/mol. The summed E-state index contributed by atoms with van der Waals surface area (Å²) in [6.45, 7) is 8.71. The Kier molecular flexibility index (Phi) is 7.35. The van der Waals surface area contributed by atoms with Crippen LogP contribution in [0.5, 0.6) is 0 Å². The molecule has 0 aliphatic carbocycles. The zero-order valence-corrected chi connectivity index (χ0v) is 20.5. The minimum Gasteiger partial charge on any atom is -0.303 e. The Morgan fingerprint density at radius 3 is 2.53 bits per heavy atom. The summed E-state index contributed by atoms with van der Waals surface area (Å²) < 4.78 is 28.6. The molecule has 1 saturated heterocycles. The molecule has 1 atom stereocenters. The summed E-state index contributed by atoms with van der Waals surface area (Å²) in [6, 6.07) is 15.0. The second-order valence-electron chi connectivity index (χ2n) is 9.75. The SMILES string of the molecule is CC(C)c1ccc(CN2CCc3ccc(S(=O)(=O)NCCC4CCCN4C)cc3C2)cc1. The van der Waals surface area contributed by atoms with Gasteiger partial charge in [0.1, 0.15) is 0 Å². The molecule has 0 spiro atoms. The summed E-state index contributed by atoms with van der Waals surface area (Å²) in [5.41, 5.74) is 5.07. The van der Waals surface area contributed by atoms with Gasteiger partial charge in [-0.2, -0.15) is 0 Å². The molecule has 174 valence electrons. The van der Waals surface area contributed by atoms with E-state index in [0.29, 0.717) is 23.4 Å². The highest BCUT2D eigenvalue weighted by atomic mass is 32.2. The van der Waals surface area contributed by atoms with Gasteiger partial charge in [-0.3, -0.25) is 4.90 Å². The van der Waals surface area contributed by atoms with Gasteiger partial charge in [0, 0.05) is 32.2 Å². The van der Waals surface area contributed by atoms with Gasteiger partial charge in [0.05, 0.1) is 4.90 Å². The molecule has 4 rings (SSSR count).